The molecule has 5 nitrogen and oxygen atoms in total. The Balaban J connectivity index is 1.71. The number of hydrogen-bond donors (Lipinski definition) is 4. The predicted molar refractivity (Wildman–Crippen MR) is 89.1 cm³/mol. The average molecular weight is 320 g/mol. The van der Waals surface area contributed by atoms with Gasteiger partial charge in [-0.05, 0) is 43.4 Å². The fourth-order valence-electron chi connectivity index (χ4n) is 4.01. The number of rotatable bonds is 3. The fraction of sp³-hybridized carbons (Fsp3) is 0.667. The van der Waals surface area contributed by atoms with Crippen molar-refractivity contribution < 1.29 is 15.3 Å². The number of aryl methyl sites for hydroxylation is 1. The maximum absolute atomic E-state index is 9.91. The van der Waals surface area contributed by atoms with Crippen molar-refractivity contribution in [2.75, 3.05) is 26.2 Å². The lowest BCUT2D eigenvalue weighted by Gasteiger charge is -2.41. The second-order valence-electron chi connectivity index (χ2n) is 7.03. The van der Waals surface area contributed by atoms with Crippen LogP contribution in [0.2, 0.25) is 0 Å². The van der Waals surface area contributed by atoms with Crippen LogP contribution in [0.4, 0.5) is 0 Å². The lowest BCUT2D eigenvalue weighted by atomic mass is 9.83. The third-order valence-corrected chi connectivity index (χ3v) is 5.28. The molecule has 0 aliphatic carbocycles. The molecule has 0 amide bonds. The van der Waals surface area contributed by atoms with Crippen LogP contribution in [0.15, 0.2) is 24.3 Å². The molecule has 0 saturated carbocycles. The Morgan fingerprint density at radius 1 is 1.13 bits per heavy atom. The van der Waals surface area contributed by atoms with E-state index in [1.165, 1.54) is 11.1 Å². The highest BCUT2D eigenvalue weighted by Crippen LogP contribution is 2.32. The minimum atomic E-state index is -1.03. The van der Waals surface area contributed by atoms with Crippen molar-refractivity contribution in [1.29, 1.82) is 0 Å². The number of aliphatic hydroxyl groups is 3. The summed E-state index contributed by atoms with van der Waals surface area (Å²) in [4.78, 5) is 2.09. The molecule has 2 fully saturated rings. The van der Waals surface area contributed by atoms with Crippen molar-refractivity contribution >= 4 is 0 Å². The van der Waals surface area contributed by atoms with Crippen LogP contribution in [-0.2, 0) is 0 Å². The largest absolute Gasteiger partial charge is 0.389 e. The minimum Gasteiger partial charge on any atom is -0.389 e. The summed E-state index contributed by atoms with van der Waals surface area (Å²) in [6.45, 7) is 4.85. The van der Waals surface area contributed by atoms with Crippen molar-refractivity contribution in [3.8, 4) is 0 Å². The van der Waals surface area contributed by atoms with E-state index >= 15 is 0 Å². The van der Waals surface area contributed by atoms with Crippen molar-refractivity contribution in [2.24, 2.45) is 5.92 Å². The van der Waals surface area contributed by atoms with E-state index in [1.54, 1.807) is 0 Å². The standard InChI is InChI=1S/C18H28N2O3/c1-12-5-2-3-7-14(12)17-13(6-4-8-19-17)9-20-10-15(21)18(23)16(22)11-20/h2-3,5,7,13,15-19,21-23H,4,6,8-11H2,1H3/t13-,15?,16?,17-,18?/m1/s1. The molecule has 0 spiro atoms. The maximum Gasteiger partial charge on any atom is 0.108 e. The zero-order valence-electron chi connectivity index (χ0n) is 13.7. The van der Waals surface area contributed by atoms with Crippen LogP contribution in [-0.4, -0.2) is 64.7 Å². The lowest BCUT2D eigenvalue weighted by molar-refractivity contribution is -0.113. The van der Waals surface area contributed by atoms with Gasteiger partial charge in [-0.2, -0.15) is 0 Å². The number of benzene rings is 1. The van der Waals surface area contributed by atoms with E-state index in [0.717, 1.165) is 25.9 Å². The molecule has 0 bridgehead atoms. The van der Waals surface area contributed by atoms with E-state index in [-0.39, 0.29) is 0 Å². The molecule has 3 rings (SSSR count). The first-order chi connectivity index (χ1) is 11.1. The van der Waals surface area contributed by atoms with E-state index in [9.17, 15) is 15.3 Å². The summed E-state index contributed by atoms with van der Waals surface area (Å²) >= 11 is 0. The monoisotopic (exact) mass is 320 g/mol. The number of likely N-dealkylation sites (tertiary alicyclic amines) is 1. The van der Waals surface area contributed by atoms with Gasteiger partial charge in [-0.15, -0.1) is 0 Å². The smallest absolute Gasteiger partial charge is 0.108 e. The second kappa shape index (κ2) is 7.28. The van der Waals surface area contributed by atoms with E-state index in [4.69, 9.17) is 0 Å². The molecular formula is C18H28N2O3. The molecule has 2 unspecified atom stereocenters. The number of aliphatic hydroxyl groups excluding tert-OH is 3. The summed E-state index contributed by atoms with van der Waals surface area (Å²) in [6, 6.07) is 8.80. The highest BCUT2D eigenvalue weighted by atomic mass is 16.4. The first kappa shape index (κ1) is 16.9. The third-order valence-electron chi connectivity index (χ3n) is 5.28. The Hall–Kier alpha value is -0.980. The van der Waals surface area contributed by atoms with Crippen LogP contribution in [0.25, 0.3) is 0 Å². The molecule has 4 atom stereocenters. The molecule has 1 aromatic rings. The number of piperidine rings is 2. The summed E-state index contributed by atoms with van der Waals surface area (Å²) in [5, 5.41) is 33.2. The molecule has 0 aromatic heterocycles. The van der Waals surface area contributed by atoms with Crippen LogP contribution < -0.4 is 5.32 Å². The van der Waals surface area contributed by atoms with Crippen molar-refractivity contribution in [3.63, 3.8) is 0 Å². The average Bonchev–Trinajstić information content (AvgIpc) is 2.54. The summed E-state index contributed by atoms with van der Waals surface area (Å²) in [7, 11) is 0. The van der Waals surface area contributed by atoms with Crippen LogP contribution >= 0.6 is 0 Å². The highest BCUT2D eigenvalue weighted by molar-refractivity contribution is 5.29. The van der Waals surface area contributed by atoms with Gasteiger partial charge in [0.05, 0.1) is 12.2 Å². The normalized spacial score (nSPS) is 36.1. The van der Waals surface area contributed by atoms with Crippen LogP contribution in [0.3, 0.4) is 0 Å². The summed E-state index contributed by atoms with van der Waals surface area (Å²) < 4.78 is 0. The second-order valence-corrected chi connectivity index (χ2v) is 7.03. The molecule has 1 aromatic carbocycles. The van der Waals surface area contributed by atoms with Gasteiger partial charge in [0.15, 0.2) is 0 Å². The van der Waals surface area contributed by atoms with Crippen LogP contribution in [0, 0.1) is 12.8 Å². The van der Waals surface area contributed by atoms with Gasteiger partial charge in [0.25, 0.3) is 0 Å². The van der Waals surface area contributed by atoms with E-state index < -0.39 is 18.3 Å². The quantitative estimate of drug-likeness (QED) is 0.650. The molecule has 128 valence electrons. The van der Waals surface area contributed by atoms with Gasteiger partial charge in [0, 0.05) is 25.7 Å². The molecule has 2 saturated heterocycles. The van der Waals surface area contributed by atoms with Gasteiger partial charge in [0.1, 0.15) is 6.10 Å². The number of β-amino-alcohol motifs (C(OH)–C–C–N with tert-alkyl or cyclic N) is 2. The number of nitrogens with one attached hydrogen (secondary N) is 1. The molecular weight excluding hydrogens is 292 g/mol. The zero-order chi connectivity index (χ0) is 16.4. The zero-order valence-corrected chi connectivity index (χ0v) is 13.7. The van der Waals surface area contributed by atoms with Crippen molar-refractivity contribution in [3.05, 3.63) is 35.4 Å². The Kier molecular flexibility index (Phi) is 5.34. The SMILES string of the molecule is Cc1ccccc1[C@@H]1NCCC[C@@H]1CN1CC(O)C(O)C(O)C1. The van der Waals surface area contributed by atoms with E-state index in [0.29, 0.717) is 25.0 Å². The van der Waals surface area contributed by atoms with E-state index in [1.807, 2.05) is 0 Å². The lowest BCUT2D eigenvalue weighted by Crippen LogP contribution is -2.56. The van der Waals surface area contributed by atoms with Gasteiger partial charge in [-0.3, -0.25) is 4.90 Å². The Bertz CT molecular complexity index is 513. The molecule has 2 heterocycles. The van der Waals surface area contributed by atoms with Crippen molar-refractivity contribution in [2.45, 2.75) is 44.1 Å². The number of nitrogens with zero attached hydrogens (tertiary/aromatic N) is 1. The fourth-order valence-corrected chi connectivity index (χ4v) is 4.01. The van der Waals surface area contributed by atoms with Crippen molar-refractivity contribution in [1.82, 2.24) is 10.2 Å². The van der Waals surface area contributed by atoms with Crippen LogP contribution in [0.5, 0.6) is 0 Å². The third kappa shape index (κ3) is 3.75. The first-order valence-corrected chi connectivity index (χ1v) is 8.61. The van der Waals surface area contributed by atoms with Gasteiger partial charge < -0.3 is 20.6 Å². The Morgan fingerprint density at radius 3 is 2.52 bits per heavy atom. The molecule has 2 aliphatic rings. The molecule has 4 N–H and O–H groups in total. The maximum atomic E-state index is 9.91. The van der Waals surface area contributed by atoms with Gasteiger partial charge in [-0.25, -0.2) is 0 Å². The number of hydrogen-bond acceptors (Lipinski definition) is 5. The van der Waals surface area contributed by atoms with E-state index in [2.05, 4.69) is 41.4 Å². The Morgan fingerprint density at radius 2 is 1.83 bits per heavy atom. The van der Waals surface area contributed by atoms with Gasteiger partial charge in [-0.1, -0.05) is 24.3 Å². The first-order valence-electron chi connectivity index (χ1n) is 8.61. The predicted octanol–water partition coefficient (Wildman–Crippen LogP) is 0.434. The summed E-state index contributed by atoms with van der Waals surface area (Å²) in [5.41, 5.74) is 2.64. The van der Waals surface area contributed by atoms with Gasteiger partial charge >= 0.3 is 0 Å². The Labute approximate surface area is 137 Å². The summed E-state index contributed by atoms with van der Waals surface area (Å²) in [6.07, 6.45) is -0.478. The van der Waals surface area contributed by atoms with Gasteiger partial charge in [0.2, 0.25) is 0 Å². The highest BCUT2D eigenvalue weighted by Gasteiger charge is 2.36. The molecule has 23 heavy (non-hydrogen) atoms. The topological polar surface area (TPSA) is 76.0 Å². The molecule has 2 aliphatic heterocycles. The van der Waals surface area contributed by atoms with Crippen LogP contribution in [0.1, 0.15) is 30.0 Å². The molecule has 5 heteroatoms. The summed E-state index contributed by atoms with van der Waals surface area (Å²) in [5.74, 6) is 0.444. The minimum absolute atomic E-state index is 0.311. The molecule has 0 radical (unpaired) electrons.